The molecule has 1 unspecified atom stereocenters. The van der Waals surface area contributed by atoms with E-state index in [1.54, 1.807) is 17.8 Å². The standard InChI is InChI=1S/C9H13BrN2O3/c1-3-12-7(6(10)5-11-12)8(13)9(14)15-4-2/h5,8,13H,3-4H2,1-2H3. The van der Waals surface area contributed by atoms with Gasteiger partial charge in [0.2, 0.25) is 0 Å². The highest BCUT2D eigenvalue weighted by molar-refractivity contribution is 9.10. The van der Waals surface area contributed by atoms with Crippen molar-refractivity contribution in [3.8, 4) is 0 Å². The average Bonchev–Trinajstić information content (AvgIpc) is 2.58. The van der Waals surface area contributed by atoms with Gasteiger partial charge in [-0.1, -0.05) is 0 Å². The summed E-state index contributed by atoms with van der Waals surface area (Å²) >= 11 is 3.23. The zero-order valence-corrected chi connectivity index (χ0v) is 10.2. The number of aromatic nitrogens is 2. The van der Waals surface area contributed by atoms with Crippen LogP contribution in [-0.4, -0.2) is 27.5 Å². The van der Waals surface area contributed by atoms with Gasteiger partial charge in [-0.15, -0.1) is 0 Å². The number of carbonyl (C=O) groups excluding carboxylic acids is 1. The van der Waals surface area contributed by atoms with Crippen molar-refractivity contribution >= 4 is 21.9 Å². The number of halogens is 1. The van der Waals surface area contributed by atoms with Crippen molar-refractivity contribution in [2.24, 2.45) is 0 Å². The van der Waals surface area contributed by atoms with Crippen molar-refractivity contribution in [1.82, 2.24) is 9.78 Å². The Hall–Kier alpha value is -0.880. The number of esters is 1. The first-order chi connectivity index (χ1) is 7.11. The lowest BCUT2D eigenvalue weighted by atomic mass is 10.2. The first-order valence-corrected chi connectivity index (χ1v) is 5.47. The molecule has 1 aromatic rings. The molecule has 0 radical (unpaired) electrons. The molecule has 0 spiro atoms. The van der Waals surface area contributed by atoms with Gasteiger partial charge in [0.05, 0.1) is 23.0 Å². The molecule has 1 rings (SSSR count). The van der Waals surface area contributed by atoms with E-state index in [-0.39, 0.29) is 6.61 Å². The van der Waals surface area contributed by atoms with Gasteiger partial charge in [-0.25, -0.2) is 4.79 Å². The molecule has 0 aliphatic rings. The van der Waals surface area contributed by atoms with E-state index in [1.807, 2.05) is 6.92 Å². The largest absolute Gasteiger partial charge is 0.464 e. The Morgan fingerprint density at radius 2 is 2.40 bits per heavy atom. The maximum absolute atomic E-state index is 11.3. The Kier molecular flexibility index (Phi) is 4.28. The first kappa shape index (κ1) is 12.2. The first-order valence-electron chi connectivity index (χ1n) is 4.67. The molecule has 0 saturated heterocycles. The lowest BCUT2D eigenvalue weighted by molar-refractivity contribution is -0.153. The van der Waals surface area contributed by atoms with E-state index in [2.05, 4.69) is 21.0 Å². The molecule has 84 valence electrons. The summed E-state index contributed by atoms with van der Waals surface area (Å²) in [7, 11) is 0. The Balaban J connectivity index is 2.93. The molecule has 0 amide bonds. The van der Waals surface area contributed by atoms with Crippen molar-refractivity contribution in [1.29, 1.82) is 0 Å². The molecule has 0 fully saturated rings. The minimum absolute atomic E-state index is 0.244. The molecule has 1 atom stereocenters. The molecule has 0 aromatic carbocycles. The molecule has 0 aliphatic carbocycles. The van der Waals surface area contributed by atoms with Gasteiger partial charge < -0.3 is 9.84 Å². The maximum Gasteiger partial charge on any atom is 0.341 e. The summed E-state index contributed by atoms with van der Waals surface area (Å²) in [5.41, 5.74) is 0.427. The van der Waals surface area contributed by atoms with Gasteiger partial charge in [0, 0.05) is 6.54 Å². The van der Waals surface area contributed by atoms with Crippen molar-refractivity contribution in [3.05, 3.63) is 16.4 Å². The van der Waals surface area contributed by atoms with Crippen LogP contribution < -0.4 is 0 Å². The number of ether oxygens (including phenoxy) is 1. The Morgan fingerprint density at radius 3 is 2.93 bits per heavy atom. The zero-order chi connectivity index (χ0) is 11.4. The summed E-state index contributed by atoms with van der Waals surface area (Å²) in [5.74, 6) is -0.659. The monoisotopic (exact) mass is 276 g/mol. The van der Waals surface area contributed by atoms with Crippen LogP contribution in [0.4, 0.5) is 0 Å². The fourth-order valence-electron chi connectivity index (χ4n) is 1.23. The quantitative estimate of drug-likeness (QED) is 0.841. The number of aliphatic hydroxyl groups is 1. The molecule has 1 N–H and O–H groups in total. The van der Waals surface area contributed by atoms with Crippen LogP contribution >= 0.6 is 15.9 Å². The highest BCUT2D eigenvalue weighted by Gasteiger charge is 2.25. The van der Waals surface area contributed by atoms with E-state index in [1.165, 1.54) is 0 Å². The van der Waals surface area contributed by atoms with E-state index in [4.69, 9.17) is 4.74 Å². The molecule has 15 heavy (non-hydrogen) atoms. The number of aliphatic hydroxyl groups excluding tert-OH is 1. The predicted octanol–water partition coefficient (Wildman–Crippen LogP) is 1.26. The highest BCUT2D eigenvalue weighted by Crippen LogP contribution is 2.24. The van der Waals surface area contributed by atoms with Gasteiger partial charge in [0.25, 0.3) is 0 Å². The van der Waals surface area contributed by atoms with Crippen molar-refractivity contribution < 1.29 is 14.6 Å². The number of rotatable bonds is 4. The van der Waals surface area contributed by atoms with Crippen LogP contribution in [-0.2, 0) is 16.1 Å². The van der Waals surface area contributed by atoms with Crippen LogP contribution in [0.2, 0.25) is 0 Å². The van der Waals surface area contributed by atoms with Gasteiger partial charge in [-0.3, -0.25) is 4.68 Å². The number of aryl methyl sites for hydroxylation is 1. The van der Waals surface area contributed by atoms with Crippen LogP contribution in [0.5, 0.6) is 0 Å². The molecule has 0 saturated carbocycles. The van der Waals surface area contributed by atoms with Gasteiger partial charge >= 0.3 is 5.97 Å². The van der Waals surface area contributed by atoms with E-state index in [9.17, 15) is 9.90 Å². The Labute approximate surface area is 96.2 Å². The number of hydrogen-bond donors (Lipinski definition) is 1. The third-order valence-corrected chi connectivity index (χ3v) is 2.51. The van der Waals surface area contributed by atoms with Crippen LogP contribution in [0.15, 0.2) is 10.7 Å². The highest BCUT2D eigenvalue weighted by atomic mass is 79.9. The molecule has 0 bridgehead atoms. The number of carbonyl (C=O) groups is 1. The molecular weight excluding hydrogens is 264 g/mol. The molecule has 1 heterocycles. The molecule has 1 aromatic heterocycles. The second-order valence-corrected chi connectivity index (χ2v) is 3.70. The van der Waals surface area contributed by atoms with E-state index < -0.39 is 12.1 Å². The Morgan fingerprint density at radius 1 is 1.73 bits per heavy atom. The minimum atomic E-state index is -1.29. The molecule has 6 heteroatoms. The minimum Gasteiger partial charge on any atom is -0.464 e. The lowest BCUT2D eigenvalue weighted by Gasteiger charge is -2.11. The topological polar surface area (TPSA) is 64.3 Å². The van der Waals surface area contributed by atoms with Gasteiger partial charge in [-0.05, 0) is 29.8 Å². The van der Waals surface area contributed by atoms with E-state index >= 15 is 0 Å². The third-order valence-electron chi connectivity index (χ3n) is 1.90. The second kappa shape index (κ2) is 5.27. The summed E-state index contributed by atoms with van der Waals surface area (Å²) < 4.78 is 6.88. The van der Waals surface area contributed by atoms with Crippen molar-refractivity contribution in [3.63, 3.8) is 0 Å². The average molecular weight is 277 g/mol. The second-order valence-electron chi connectivity index (χ2n) is 2.85. The van der Waals surface area contributed by atoms with Crippen molar-refractivity contribution in [2.75, 3.05) is 6.61 Å². The van der Waals surface area contributed by atoms with Crippen LogP contribution in [0.1, 0.15) is 25.6 Å². The fraction of sp³-hybridized carbons (Fsp3) is 0.556. The summed E-state index contributed by atoms with van der Waals surface area (Å²) in [4.78, 5) is 11.3. The normalized spacial score (nSPS) is 12.5. The van der Waals surface area contributed by atoms with Gasteiger partial charge in [0.1, 0.15) is 0 Å². The summed E-state index contributed by atoms with van der Waals surface area (Å²) in [5, 5.41) is 13.7. The van der Waals surface area contributed by atoms with Crippen LogP contribution in [0.25, 0.3) is 0 Å². The summed E-state index contributed by atoms with van der Waals surface area (Å²) in [6.07, 6.45) is 0.253. The SMILES string of the molecule is CCOC(=O)C(O)c1c(Br)cnn1CC. The van der Waals surface area contributed by atoms with Crippen molar-refractivity contribution in [2.45, 2.75) is 26.5 Å². The van der Waals surface area contributed by atoms with Crippen LogP contribution in [0, 0.1) is 0 Å². The zero-order valence-electron chi connectivity index (χ0n) is 8.61. The number of hydrogen-bond acceptors (Lipinski definition) is 4. The summed E-state index contributed by atoms with van der Waals surface area (Å²) in [6.45, 7) is 4.39. The van der Waals surface area contributed by atoms with E-state index in [0.29, 0.717) is 16.7 Å². The molecule has 5 nitrogen and oxygen atoms in total. The molecule has 0 aliphatic heterocycles. The van der Waals surface area contributed by atoms with E-state index in [0.717, 1.165) is 0 Å². The summed E-state index contributed by atoms with van der Waals surface area (Å²) in [6, 6.07) is 0. The third kappa shape index (κ3) is 2.57. The van der Waals surface area contributed by atoms with Gasteiger partial charge in [0.15, 0.2) is 6.10 Å². The van der Waals surface area contributed by atoms with Crippen LogP contribution in [0.3, 0.4) is 0 Å². The molecular formula is C9H13BrN2O3. The van der Waals surface area contributed by atoms with Gasteiger partial charge in [-0.2, -0.15) is 5.10 Å². The smallest absolute Gasteiger partial charge is 0.341 e. The maximum atomic E-state index is 11.3. The fourth-order valence-corrected chi connectivity index (χ4v) is 1.74. The predicted molar refractivity (Wildman–Crippen MR) is 57.2 cm³/mol. The Bertz CT molecular complexity index is 351. The lowest BCUT2D eigenvalue weighted by Crippen LogP contribution is -2.19. The number of nitrogens with zero attached hydrogens (tertiary/aromatic N) is 2.